The minimum absolute atomic E-state index is 0.270. The van der Waals surface area contributed by atoms with Gasteiger partial charge in [0, 0.05) is 48.9 Å². The average Bonchev–Trinajstić information content (AvgIpc) is 3.12. The van der Waals surface area contributed by atoms with Gasteiger partial charge in [-0.25, -0.2) is 0 Å². The summed E-state index contributed by atoms with van der Waals surface area (Å²) in [7, 11) is 0. The van der Waals surface area contributed by atoms with Crippen molar-refractivity contribution in [3.8, 4) is 0 Å². The summed E-state index contributed by atoms with van der Waals surface area (Å²) in [6, 6.07) is 2.45. The van der Waals surface area contributed by atoms with Crippen molar-refractivity contribution in [3.63, 3.8) is 0 Å². The van der Waals surface area contributed by atoms with E-state index in [1.807, 2.05) is 16.3 Å². The Balaban J connectivity index is 1.51. The molecule has 22 heavy (non-hydrogen) atoms. The molecule has 3 rings (SSSR count). The van der Waals surface area contributed by atoms with Crippen molar-refractivity contribution in [2.75, 3.05) is 39.4 Å². The molecule has 1 aromatic heterocycles. The Bertz CT molecular complexity index is 516. The van der Waals surface area contributed by atoms with E-state index in [0.29, 0.717) is 18.4 Å². The van der Waals surface area contributed by atoms with E-state index in [4.69, 9.17) is 16.3 Å². The van der Waals surface area contributed by atoms with Crippen LogP contribution >= 0.6 is 22.9 Å². The molecular weight excluding hydrogens is 320 g/mol. The third kappa shape index (κ3) is 3.82. The van der Waals surface area contributed by atoms with E-state index in [2.05, 4.69) is 11.8 Å². The van der Waals surface area contributed by atoms with Gasteiger partial charge in [0.05, 0.1) is 18.2 Å². The van der Waals surface area contributed by atoms with Crippen LogP contribution in [0.25, 0.3) is 0 Å². The van der Waals surface area contributed by atoms with Crippen LogP contribution in [0.3, 0.4) is 0 Å². The molecule has 2 fully saturated rings. The lowest BCUT2D eigenvalue weighted by Gasteiger charge is -2.34. The first-order valence-electron chi connectivity index (χ1n) is 7.96. The first kappa shape index (κ1) is 16.2. The maximum atomic E-state index is 12.5. The number of likely N-dealkylation sites (tertiary alicyclic amines) is 1. The first-order valence-corrected chi connectivity index (χ1v) is 9.21. The molecule has 3 heterocycles. The van der Waals surface area contributed by atoms with Gasteiger partial charge in [0.25, 0.3) is 0 Å². The van der Waals surface area contributed by atoms with Crippen LogP contribution in [0.2, 0.25) is 5.02 Å². The highest BCUT2D eigenvalue weighted by Crippen LogP contribution is 2.25. The van der Waals surface area contributed by atoms with Crippen LogP contribution in [0.5, 0.6) is 0 Å². The number of amides is 1. The fourth-order valence-electron chi connectivity index (χ4n) is 3.41. The van der Waals surface area contributed by atoms with E-state index >= 15 is 0 Å². The number of nitrogens with zero attached hydrogens (tertiary/aromatic N) is 2. The number of hydrogen-bond acceptors (Lipinski definition) is 4. The first-order chi connectivity index (χ1) is 10.6. The molecule has 2 saturated heterocycles. The lowest BCUT2D eigenvalue weighted by molar-refractivity contribution is -0.130. The second-order valence-corrected chi connectivity index (χ2v) is 7.66. The molecule has 0 spiro atoms. The zero-order valence-corrected chi connectivity index (χ0v) is 14.5. The third-order valence-corrected chi connectivity index (χ3v) is 5.99. The predicted molar refractivity (Wildman–Crippen MR) is 89.6 cm³/mol. The van der Waals surface area contributed by atoms with Crippen molar-refractivity contribution in [2.45, 2.75) is 25.8 Å². The number of aryl methyl sites for hydroxylation is 1. The van der Waals surface area contributed by atoms with Crippen molar-refractivity contribution < 1.29 is 9.53 Å². The number of halogens is 1. The number of hydrogen-bond donors (Lipinski definition) is 0. The molecule has 4 nitrogen and oxygen atoms in total. The summed E-state index contributed by atoms with van der Waals surface area (Å²) in [6.07, 6.45) is 1.38. The second kappa shape index (κ2) is 7.30. The number of ether oxygens (including phenoxy) is 1. The number of thiophene rings is 1. The molecule has 0 aromatic carbocycles. The van der Waals surface area contributed by atoms with E-state index in [-0.39, 0.29) is 5.91 Å². The zero-order chi connectivity index (χ0) is 15.5. The summed E-state index contributed by atoms with van der Waals surface area (Å²) in [5, 5.41) is 2.70. The highest BCUT2D eigenvalue weighted by molar-refractivity contribution is 7.10. The van der Waals surface area contributed by atoms with Gasteiger partial charge in [0.2, 0.25) is 5.91 Å². The minimum Gasteiger partial charge on any atom is -0.379 e. The van der Waals surface area contributed by atoms with Crippen molar-refractivity contribution >= 4 is 28.8 Å². The molecule has 2 aliphatic rings. The molecule has 6 heteroatoms. The summed E-state index contributed by atoms with van der Waals surface area (Å²) in [6.45, 7) is 7.62. The maximum absolute atomic E-state index is 12.5. The Morgan fingerprint density at radius 2 is 2.18 bits per heavy atom. The Labute approximate surface area is 141 Å². The topological polar surface area (TPSA) is 32.8 Å². The largest absolute Gasteiger partial charge is 0.379 e. The molecule has 0 aliphatic carbocycles. The molecule has 122 valence electrons. The number of carbonyl (C=O) groups excluding carboxylic acids is 1. The van der Waals surface area contributed by atoms with Gasteiger partial charge in [-0.3, -0.25) is 9.69 Å². The van der Waals surface area contributed by atoms with Crippen molar-refractivity contribution in [3.05, 3.63) is 21.3 Å². The van der Waals surface area contributed by atoms with E-state index in [0.717, 1.165) is 50.8 Å². The van der Waals surface area contributed by atoms with Gasteiger partial charge in [-0.2, -0.15) is 0 Å². The summed E-state index contributed by atoms with van der Waals surface area (Å²) in [5.74, 6) is 0.811. The van der Waals surface area contributed by atoms with Gasteiger partial charge in [-0.1, -0.05) is 18.5 Å². The maximum Gasteiger partial charge on any atom is 0.222 e. The summed E-state index contributed by atoms with van der Waals surface area (Å²) >= 11 is 7.56. The molecule has 0 unspecified atom stereocenters. The fraction of sp³-hybridized carbons (Fsp3) is 0.688. The smallest absolute Gasteiger partial charge is 0.222 e. The quantitative estimate of drug-likeness (QED) is 0.843. The molecule has 0 bridgehead atoms. The van der Waals surface area contributed by atoms with E-state index in [1.54, 1.807) is 11.3 Å². The molecule has 2 aliphatic heterocycles. The van der Waals surface area contributed by atoms with Gasteiger partial charge >= 0.3 is 0 Å². The summed E-state index contributed by atoms with van der Waals surface area (Å²) in [4.78, 5) is 18.2. The van der Waals surface area contributed by atoms with Crippen LogP contribution in [-0.2, 0) is 16.0 Å². The zero-order valence-electron chi connectivity index (χ0n) is 13.0. The second-order valence-electron chi connectivity index (χ2n) is 6.22. The van der Waals surface area contributed by atoms with Crippen molar-refractivity contribution in [1.82, 2.24) is 9.80 Å². The lowest BCUT2D eigenvalue weighted by atomic mass is 10.0. The van der Waals surface area contributed by atoms with Crippen LogP contribution < -0.4 is 0 Å². The molecule has 0 N–H and O–H groups in total. The van der Waals surface area contributed by atoms with Crippen LogP contribution in [0.4, 0.5) is 0 Å². The van der Waals surface area contributed by atoms with Gasteiger partial charge in [0.1, 0.15) is 0 Å². The summed E-state index contributed by atoms with van der Waals surface area (Å²) < 4.78 is 5.43. The van der Waals surface area contributed by atoms with Crippen LogP contribution in [0.1, 0.15) is 18.2 Å². The number of morpholine rings is 1. The molecular formula is C16H23ClN2O2S. The highest BCUT2D eigenvalue weighted by Gasteiger charge is 2.36. The van der Waals surface area contributed by atoms with E-state index in [9.17, 15) is 4.79 Å². The number of carbonyl (C=O) groups is 1. The van der Waals surface area contributed by atoms with Gasteiger partial charge in [-0.15, -0.1) is 11.3 Å². The molecule has 0 radical (unpaired) electrons. The Morgan fingerprint density at radius 3 is 2.86 bits per heavy atom. The lowest BCUT2D eigenvalue weighted by Crippen LogP contribution is -2.47. The van der Waals surface area contributed by atoms with Gasteiger partial charge in [-0.05, 0) is 18.4 Å². The van der Waals surface area contributed by atoms with Crippen molar-refractivity contribution in [2.24, 2.45) is 5.92 Å². The Morgan fingerprint density at radius 1 is 1.41 bits per heavy atom. The van der Waals surface area contributed by atoms with Gasteiger partial charge < -0.3 is 9.64 Å². The van der Waals surface area contributed by atoms with Crippen molar-refractivity contribution in [1.29, 1.82) is 0 Å². The highest BCUT2D eigenvalue weighted by atomic mass is 35.5. The average molecular weight is 343 g/mol. The van der Waals surface area contributed by atoms with Gasteiger partial charge in [0.15, 0.2) is 0 Å². The number of rotatable bonds is 4. The standard InChI is InChI=1S/C16H23ClN2O2S/c1-12-9-19(10-15(12)18-4-6-21-7-5-18)16(20)3-2-14-8-13(17)11-22-14/h8,11-12,15H,2-7,9-10H2,1H3/t12-,15-/m0/s1. The Kier molecular flexibility index (Phi) is 5.39. The van der Waals surface area contributed by atoms with E-state index < -0.39 is 0 Å². The third-order valence-electron chi connectivity index (χ3n) is 4.65. The minimum atomic E-state index is 0.270. The van der Waals surface area contributed by atoms with Crippen LogP contribution in [0.15, 0.2) is 11.4 Å². The van der Waals surface area contributed by atoms with E-state index in [1.165, 1.54) is 4.88 Å². The molecule has 0 saturated carbocycles. The Hall–Kier alpha value is -0.620. The molecule has 1 amide bonds. The van der Waals surface area contributed by atoms with Crippen LogP contribution in [-0.4, -0.2) is 61.1 Å². The van der Waals surface area contributed by atoms with Crippen LogP contribution in [0, 0.1) is 5.92 Å². The molecule has 2 atom stereocenters. The normalized spacial score (nSPS) is 26.5. The fourth-order valence-corrected chi connectivity index (χ4v) is 4.49. The molecule has 1 aromatic rings. The summed E-state index contributed by atoms with van der Waals surface area (Å²) in [5.41, 5.74) is 0. The monoisotopic (exact) mass is 342 g/mol. The predicted octanol–water partition coefficient (Wildman–Crippen LogP) is 2.51. The SMILES string of the molecule is C[C@H]1CN(C(=O)CCc2cc(Cl)cs2)C[C@@H]1N1CCOCC1.